The van der Waals surface area contributed by atoms with Crippen LogP contribution in [-0.2, 0) is 30.3 Å². The first kappa shape index (κ1) is 24.2. The van der Waals surface area contributed by atoms with Gasteiger partial charge in [-0.15, -0.1) is 0 Å². The quantitative estimate of drug-likeness (QED) is 0.472. The van der Waals surface area contributed by atoms with Gasteiger partial charge in [0.1, 0.15) is 5.60 Å². The standard InChI is InChI=1S/C23H34N2O5/c1-15(2)10-19(21(27)23(3)14-30-23)25-22(28)17(11-16-8-6-5-7-9-16)12-20(26)18(24)13-29-4/h5-9,15,17-19H,10-14,24H2,1-4H3,(H,25,28)/t17-,18+,19+,23-/m1/s1. The zero-order valence-electron chi connectivity index (χ0n) is 18.4. The lowest BCUT2D eigenvalue weighted by Crippen LogP contribution is -2.49. The van der Waals surface area contributed by atoms with E-state index in [0.717, 1.165) is 5.56 Å². The Balaban J connectivity index is 2.16. The Morgan fingerprint density at radius 2 is 1.87 bits per heavy atom. The minimum absolute atomic E-state index is 0.0123. The van der Waals surface area contributed by atoms with Crippen LogP contribution < -0.4 is 11.1 Å². The number of nitrogens with one attached hydrogen (secondary N) is 1. The summed E-state index contributed by atoms with van der Waals surface area (Å²) < 4.78 is 10.3. The van der Waals surface area contributed by atoms with Crippen LogP contribution in [0.1, 0.15) is 39.2 Å². The van der Waals surface area contributed by atoms with E-state index in [2.05, 4.69) is 5.32 Å². The van der Waals surface area contributed by atoms with E-state index in [-0.39, 0.29) is 36.4 Å². The molecule has 0 spiro atoms. The number of nitrogens with two attached hydrogens (primary N) is 1. The molecule has 1 aliphatic rings. The minimum Gasteiger partial charge on any atom is -0.383 e. The van der Waals surface area contributed by atoms with E-state index in [9.17, 15) is 14.4 Å². The van der Waals surface area contributed by atoms with Crippen molar-refractivity contribution in [3.05, 3.63) is 35.9 Å². The number of hydrogen-bond donors (Lipinski definition) is 2. The average Bonchev–Trinajstić information content (AvgIpc) is 3.45. The molecule has 1 fully saturated rings. The Kier molecular flexibility index (Phi) is 8.70. The highest BCUT2D eigenvalue weighted by Crippen LogP contribution is 2.30. The highest BCUT2D eigenvalue weighted by molar-refractivity contribution is 5.97. The van der Waals surface area contributed by atoms with Crippen LogP contribution in [0.4, 0.5) is 0 Å². The van der Waals surface area contributed by atoms with Crippen molar-refractivity contribution in [1.82, 2.24) is 5.32 Å². The number of amides is 1. The fraction of sp³-hybridized carbons (Fsp3) is 0.609. The van der Waals surface area contributed by atoms with Crippen molar-refractivity contribution in [3.8, 4) is 0 Å². The molecule has 0 unspecified atom stereocenters. The van der Waals surface area contributed by atoms with Crippen LogP contribution in [0.15, 0.2) is 30.3 Å². The topological polar surface area (TPSA) is 111 Å². The Labute approximate surface area is 178 Å². The molecule has 1 aromatic carbocycles. The van der Waals surface area contributed by atoms with Gasteiger partial charge in [-0.2, -0.15) is 0 Å². The number of ether oxygens (including phenoxy) is 2. The number of benzene rings is 1. The molecule has 7 nitrogen and oxygen atoms in total. The third kappa shape index (κ3) is 7.00. The van der Waals surface area contributed by atoms with E-state index in [0.29, 0.717) is 19.4 Å². The third-order valence-corrected chi connectivity index (χ3v) is 5.34. The maximum atomic E-state index is 13.2. The van der Waals surface area contributed by atoms with Crippen LogP contribution in [-0.4, -0.2) is 55.5 Å². The Morgan fingerprint density at radius 3 is 2.40 bits per heavy atom. The number of ketones is 2. The number of carbonyl (C=O) groups excluding carboxylic acids is 3. The van der Waals surface area contributed by atoms with Gasteiger partial charge in [0.25, 0.3) is 0 Å². The molecule has 3 N–H and O–H groups in total. The lowest BCUT2D eigenvalue weighted by Gasteiger charge is -2.25. The highest BCUT2D eigenvalue weighted by atomic mass is 16.6. The zero-order valence-corrected chi connectivity index (χ0v) is 18.4. The smallest absolute Gasteiger partial charge is 0.224 e. The van der Waals surface area contributed by atoms with Gasteiger partial charge in [0.2, 0.25) is 5.91 Å². The fourth-order valence-corrected chi connectivity index (χ4v) is 3.43. The summed E-state index contributed by atoms with van der Waals surface area (Å²) in [6, 6.07) is 8.06. The summed E-state index contributed by atoms with van der Waals surface area (Å²) in [4.78, 5) is 38.6. The van der Waals surface area contributed by atoms with Gasteiger partial charge in [0.15, 0.2) is 11.6 Å². The molecule has 1 aromatic rings. The van der Waals surface area contributed by atoms with E-state index in [1.807, 2.05) is 44.2 Å². The van der Waals surface area contributed by atoms with Crippen molar-refractivity contribution >= 4 is 17.5 Å². The molecule has 2 rings (SSSR count). The van der Waals surface area contributed by atoms with Crippen molar-refractivity contribution in [3.63, 3.8) is 0 Å². The second-order valence-corrected chi connectivity index (χ2v) is 8.69. The Bertz CT molecular complexity index is 730. The normalized spacial score (nSPS) is 21.0. The van der Waals surface area contributed by atoms with E-state index in [1.165, 1.54) is 7.11 Å². The molecule has 30 heavy (non-hydrogen) atoms. The van der Waals surface area contributed by atoms with Crippen molar-refractivity contribution in [1.29, 1.82) is 0 Å². The number of carbonyl (C=O) groups is 3. The molecule has 4 atom stereocenters. The second kappa shape index (κ2) is 10.8. The van der Waals surface area contributed by atoms with E-state index in [1.54, 1.807) is 6.92 Å². The molecule has 0 aromatic heterocycles. The van der Waals surface area contributed by atoms with Crippen LogP contribution >= 0.6 is 0 Å². The van der Waals surface area contributed by atoms with Crippen LogP contribution in [0.2, 0.25) is 0 Å². The van der Waals surface area contributed by atoms with Gasteiger partial charge in [0.05, 0.1) is 25.3 Å². The number of methoxy groups -OCH3 is 1. The summed E-state index contributed by atoms with van der Waals surface area (Å²) in [5.41, 5.74) is 5.99. The molecule has 7 heteroatoms. The van der Waals surface area contributed by atoms with E-state index >= 15 is 0 Å². The highest BCUT2D eigenvalue weighted by Gasteiger charge is 2.50. The first-order valence-corrected chi connectivity index (χ1v) is 10.5. The van der Waals surface area contributed by atoms with Gasteiger partial charge in [-0.1, -0.05) is 44.2 Å². The van der Waals surface area contributed by atoms with Crippen molar-refractivity contribution in [2.45, 2.75) is 57.7 Å². The van der Waals surface area contributed by atoms with Crippen LogP contribution in [0.25, 0.3) is 0 Å². The van der Waals surface area contributed by atoms with E-state index in [4.69, 9.17) is 15.2 Å². The summed E-state index contributed by atoms with van der Waals surface area (Å²) >= 11 is 0. The van der Waals surface area contributed by atoms with Crippen LogP contribution in [0.5, 0.6) is 0 Å². The molecule has 0 aliphatic carbocycles. The first-order valence-electron chi connectivity index (χ1n) is 10.5. The van der Waals surface area contributed by atoms with Crippen LogP contribution in [0.3, 0.4) is 0 Å². The number of rotatable bonds is 13. The summed E-state index contributed by atoms with van der Waals surface area (Å²) in [6.45, 7) is 6.20. The van der Waals surface area contributed by atoms with Crippen molar-refractivity contribution in [2.75, 3.05) is 20.3 Å². The molecule has 0 radical (unpaired) electrons. The molecule has 1 saturated heterocycles. The predicted octanol–water partition coefficient (Wildman–Crippen LogP) is 1.67. The van der Waals surface area contributed by atoms with E-state index < -0.39 is 23.6 Å². The minimum atomic E-state index is -0.821. The third-order valence-electron chi connectivity index (χ3n) is 5.34. The largest absolute Gasteiger partial charge is 0.383 e. The Hall–Kier alpha value is -2.09. The molecule has 166 valence electrons. The molecule has 0 saturated carbocycles. The van der Waals surface area contributed by atoms with Gasteiger partial charge < -0.3 is 20.5 Å². The first-order chi connectivity index (χ1) is 14.2. The number of hydrogen-bond acceptors (Lipinski definition) is 6. The fourth-order valence-electron chi connectivity index (χ4n) is 3.43. The van der Waals surface area contributed by atoms with Gasteiger partial charge in [-0.3, -0.25) is 14.4 Å². The molecule has 1 heterocycles. The van der Waals surface area contributed by atoms with Gasteiger partial charge >= 0.3 is 0 Å². The zero-order chi connectivity index (χ0) is 22.3. The van der Waals surface area contributed by atoms with Crippen LogP contribution in [0, 0.1) is 11.8 Å². The average molecular weight is 419 g/mol. The summed E-state index contributed by atoms with van der Waals surface area (Å²) in [7, 11) is 1.48. The molecular formula is C23H34N2O5. The summed E-state index contributed by atoms with van der Waals surface area (Å²) in [6.07, 6.45) is 0.884. The number of epoxide rings is 1. The number of Topliss-reactive ketones (excluding diaryl/α,β-unsaturated/α-hetero) is 2. The molecule has 1 amide bonds. The summed E-state index contributed by atoms with van der Waals surface area (Å²) in [5.74, 6) is -1.09. The molecule has 1 aliphatic heterocycles. The lowest BCUT2D eigenvalue weighted by atomic mass is 9.89. The maximum Gasteiger partial charge on any atom is 0.224 e. The van der Waals surface area contributed by atoms with Crippen molar-refractivity contribution < 1.29 is 23.9 Å². The SMILES string of the molecule is COC[C@H](N)C(=O)C[C@@H](Cc1ccccc1)C(=O)N[C@@H](CC(C)C)C(=O)[C@@]1(C)CO1. The monoisotopic (exact) mass is 418 g/mol. The van der Waals surface area contributed by atoms with Gasteiger partial charge in [0, 0.05) is 19.4 Å². The van der Waals surface area contributed by atoms with Gasteiger partial charge in [-0.25, -0.2) is 0 Å². The maximum absolute atomic E-state index is 13.2. The second-order valence-electron chi connectivity index (χ2n) is 8.69. The molecular weight excluding hydrogens is 384 g/mol. The van der Waals surface area contributed by atoms with Crippen molar-refractivity contribution in [2.24, 2.45) is 17.6 Å². The predicted molar refractivity (Wildman–Crippen MR) is 114 cm³/mol. The Morgan fingerprint density at radius 1 is 1.23 bits per heavy atom. The molecule has 0 bridgehead atoms. The summed E-state index contributed by atoms with van der Waals surface area (Å²) in [5, 5.41) is 2.90. The van der Waals surface area contributed by atoms with Gasteiger partial charge in [-0.05, 0) is 31.2 Å². The lowest BCUT2D eigenvalue weighted by molar-refractivity contribution is -0.134.